The van der Waals surface area contributed by atoms with E-state index in [0.717, 1.165) is 11.5 Å². The topological polar surface area (TPSA) is 68.3 Å². The van der Waals surface area contributed by atoms with Gasteiger partial charge in [-0.25, -0.2) is 0 Å². The van der Waals surface area contributed by atoms with Gasteiger partial charge in [0.1, 0.15) is 10.9 Å². The standard InChI is InChI=1S/C10H13BN2O3S/c1-3-4-6(9(14)16-2)7-5-8(17-13-7)12-10(11)15/h3,5-6H,1,4,11H2,2H3,(H,12,15). The molecule has 0 saturated carbocycles. The van der Waals surface area contributed by atoms with Gasteiger partial charge in [-0.15, -0.1) is 6.58 Å². The highest BCUT2D eigenvalue weighted by atomic mass is 32.1. The molecule has 0 aromatic carbocycles. The molecule has 1 aromatic rings. The smallest absolute Gasteiger partial charge is 0.315 e. The van der Waals surface area contributed by atoms with Crippen LogP contribution in [0, 0.1) is 0 Å². The number of carbonyl (C=O) groups is 2. The number of methoxy groups -OCH3 is 1. The Morgan fingerprint density at radius 3 is 3.00 bits per heavy atom. The van der Waals surface area contributed by atoms with Gasteiger partial charge < -0.3 is 10.1 Å². The van der Waals surface area contributed by atoms with Crippen molar-refractivity contribution in [3.63, 3.8) is 0 Å². The van der Waals surface area contributed by atoms with Crippen LogP contribution in [0.5, 0.6) is 0 Å². The van der Waals surface area contributed by atoms with Crippen molar-refractivity contribution in [2.75, 3.05) is 12.4 Å². The third kappa shape index (κ3) is 3.71. The molecule has 5 nitrogen and oxygen atoms in total. The van der Waals surface area contributed by atoms with Crippen molar-refractivity contribution in [2.45, 2.75) is 12.3 Å². The molecule has 0 radical (unpaired) electrons. The number of hydrogen-bond acceptors (Lipinski definition) is 5. The van der Waals surface area contributed by atoms with E-state index in [2.05, 4.69) is 16.3 Å². The Labute approximate surface area is 104 Å². The zero-order valence-electron chi connectivity index (χ0n) is 9.73. The minimum absolute atomic E-state index is 0.168. The van der Waals surface area contributed by atoms with Gasteiger partial charge in [0.2, 0.25) is 7.85 Å². The number of nitrogens with zero attached hydrogens (tertiary/aromatic N) is 1. The van der Waals surface area contributed by atoms with E-state index in [-0.39, 0.29) is 11.8 Å². The SMILES string of the molecule is BC(=O)Nc1cc(C(CC=C)C(=O)OC)ns1. The normalized spacial score (nSPS) is 11.6. The van der Waals surface area contributed by atoms with Crippen LogP contribution < -0.4 is 5.32 Å². The van der Waals surface area contributed by atoms with Gasteiger partial charge in [0.15, 0.2) is 5.81 Å². The quantitative estimate of drug-likeness (QED) is 0.484. The molecule has 1 amide bonds. The van der Waals surface area contributed by atoms with Crippen LogP contribution in [-0.2, 0) is 9.53 Å². The van der Waals surface area contributed by atoms with E-state index >= 15 is 0 Å². The van der Waals surface area contributed by atoms with Gasteiger partial charge >= 0.3 is 5.97 Å². The van der Waals surface area contributed by atoms with Crippen molar-refractivity contribution >= 4 is 36.2 Å². The molecular formula is C10H13BN2O3S. The lowest BCUT2D eigenvalue weighted by molar-refractivity contribution is -0.142. The second-order valence-electron chi connectivity index (χ2n) is 3.40. The van der Waals surface area contributed by atoms with Gasteiger partial charge in [0.05, 0.1) is 12.8 Å². The molecule has 7 heteroatoms. The number of esters is 1. The summed E-state index contributed by atoms with van der Waals surface area (Å²) in [5.74, 6) is -0.987. The van der Waals surface area contributed by atoms with Crippen molar-refractivity contribution in [1.29, 1.82) is 0 Å². The first kappa shape index (κ1) is 13.4. The highest BCUT2D eigenvalue weighted by Gasteiger charge is 2.23. The van der Waals surface area contributed by atoms with Gasteiger partial charge in [-0.1, -0.05) is 6.08 Å². The molecule has 1 heterocycles. The maximum absolute atomic E-state index is 11.5. The number of hydrogen-bond donors (Lipinski definition) is 1. The number of carbonyl (C=O) groups excluding carboxylic acids is 2. The lowest BCUT2D eigenvalue weighted by Crippen LogP contribution is -2.14. The van der Waals surface area contributed by atoms with Crippen LogP contribution in [0.25, 0.3) is 0 Å². The molecule has 0 bridgehead atoms. The summed E-state index contributed by atoms with van der Waals surface area (Å²) in [5.41, 5.74) is 0.588. The van der Waals surface area contributed by atoms with Gasteiger partial charge in [0, 0.05) is 0 Å². The van der Waals surface area contributed by atoms with Gasteiger partial charge in [0.25, 0.3) is 0 Å². The number of allylic oxidation sites excluding steroid dienone is 1. The second-order valence-corrected chi connectivity index (χ2v) is 4.20. The monoisotopic (exact) mass is 252 g/mol. The Hall–Kier alpha value is -1.63. The van der Waals surface area contributed by atoms with Crippen LogP contribution in [0.1, 0.15) is 18.0 Å². The van der Waals surface area contributed by atoms with Crippen molar-refractivity contribution < 1.29 is 14.3 Å². The van der Waals surface area contributed by atoms with Crippen LogP contribution in [0.4, 0.5) is 9.80 Å². The lowest BCUT2D eigenvalue weighted by Gasteiger charge is -2.08. The van der Waals surface area contributed by atoms with E-state index in [4.69, 9.17) is 4.74 Å². The summed E-state index contributed by atoms with van der Waals surface area (Å²) in [5, 5.41) is 3.23. The lowest BCUT2D eigenvalue weighted by atomic mass is 10.0. The Morgan fingerprint density at radius 2 is 2.47 bits per heavy atom. The summed E-state index contributed by atoms with van der Waals surface area (Å²) in [4.78, 5) is 22.4. The maximum atomic E-state index is 11.5. The fourth-order valence-corrected chi connectivity index (χ4v) is 2.08. The van der Waals surface area contributed by atoms with Crippen LogP contribution in [-0.4, -0.2) is 31.1 Å². The molecule has 0 aliphatic carbocycles. The number of amides is 1. The Kier molecular flexibility index (Phi) is 4.90. The zero-order valence-corrected chi connectivity index (χ0v) is 10.5. The molecule has 0 aliphatic heterocycles. The Balaban J connectivity index is 2.87. The van der Waals surface area contributed by atoms with E-state index in [1.807, 2.05) is 0 Å². The minimum Gasteiger partial charge on any atom is -0.468 e. The van der Waals surface area contributed by atoms with Crippen molar-refractivity contribution in [3.05, 3.63) is 24.4 Å². The molecule has 1 atom stereocenters. The molecule has 0 spiro atoms. The van der Waals surface area contributed by atoms with Crippen LogP contribution >= 0.6 is 11.5 Å². The molecule has 0 aliphatic rings. The zero-order chi connectivity index (χ0) is 12.8. The van der Waals surface area contributed by atoms with E-state index in [0.29, 0.717) is 17.1 Å². The highest BCUT2D eigenvalue weighted by Crippen LogP contribution is 2.26. The first-order valence-electron chi connectivity index (χ1n) is 5.01. The largest absolute Gasteiger partial charge is 0.468 e. The van der Waals surface area contributed by atoms with Gasteiger partial charge in [-0.2, -0.15) is 4.37 Å². The number of ether oxygens (including phenoxy) is 1. The summed E-state index contributed by atoms with van der Waals surface area (Å²) in [7, 11) is 2.75. The van der Waals surface area contributed by atoms with Crippen LogP contribution in [0.3, 0.4) is 0 Å². The summed E-state index contributed by atoms with van der Waals surface area (Å²) in [6.07, 6.45) is 2.09. The number of nitrogens with one attached hydrogen (secondary N) is 1. The van der Waals surface area contributed by atoms with Crippen LogP contribution in [0.15, 0.2) is 18.7 Å². The predicted octanol–water partition coefficient (Wildman–Crippen LogP) is 1.14. The molecule has 0 fully saturated rings. The third-order valence-electron chi connectivity index (χ3n) is 2.07. The number of aromatic nitrogens is 1. The average Bonchev–Trinajstić information content (AvgIpc) is 2.72. The summed E-state index contributed by atoms with van der Waals surface area (Å²) in [6.45, 7) is 3.60. The van der Waals surface area contributed by atoms with Gasteiger partial charge in [-0.3, -0.25) is 9.59 Å². The Morgan fingerprint density at radius 1 is 1.76 bits per heavy atom. The summed E-state index contributed by atoms with van der Waals surface area (Å²) >= 11 is 1.14. The fraction of sp³-hybridized carbons (Fsp3) is 0.300. The highest BCUT2D eigenvalue weighted by molar-refractivity contribution is 7.10. The average molecular weight is 252 g/mol. The van der Waals surface area contributed by atoms with E-state index < -0.39 is 5.92 Å². The second kappa shape index (κ2) is 6.19. The molecular weight excluding hydrogens is 239 g/mol. The first-order chi connectivity index (χ1) is 8.08. The Bertz CT molecular complexity index is 433. The summed E-state index contributed by atoms with van der Waals surface area (Å²) < 4.78 is 8.84. The molecule has 0 saturated heterocycles. The first-order valence-corrected chi connectivity index (χ1v) is 5.78. The fourth-order valence-electron chi connectivity index (χ4n) is 1.33. The molecule has 1 N–H and O–H groups in total. The van der Waals surface area contributed by atoms with Crippen molar-refractivity contribution in [3.8, 4) is 0 Å². The van der Waals surface area contributed by atoms with E-state index in [9.17, 15) is 9.59 Å². The van der Waals surface area contributed by atoms with E-state index in [1.165, 1.54) is 15.0 Å². The number of anilines is 1. The maximum Gasteiger partial charge on any atom is 0.315 e. The van der Waals surface area contributed by atoms with E-state index in [1.54, 1.807) is 12.1 Å². The number of rotatable bonds is 5. The predicted molar refractivity (Wildman–Crippen MR) is 69.2 cm³/mol. The molecule has 1 aromatic heterocycles. The van der Waals surface area contributed by atoms with Crippen molar-refractivity contribution in [1.82, 2.24) is 4.37 Å². The van der Waals surface area contributed by atoms with Crippen LogP contribution in [0.2, 0.25) is 0 Å². The third-order valence-corrected chi connectivity index (χ3v) is 2.79. The molecule has 90 valence electrons. The molecule has 1 rings (SSSR count). The van der Waals surface area contributed by atoms with Gasteiger partial charge in [-0.05, 0) is 24.0 Å². The molecule has 17 heavy (non-hydrogen) atoms. The minimum atomic E-state index is -0.462. The summed E-state index contributed by atoms with van der Waals surface area (Å²) in [6, 6.07) is 1.68. The van der Waals surface area contributed by atoms with Crippen molar-refractivity contribution in [2.24, 2.45) is 0 Å². The molecule has 1 unspecified atom stereocenters.